The van der Waals surface area contributed by atoms with Gasteiger partial charge in [-0.2, -0.15) is 0 Å². The molecule has 2 rings (SSSR count). The first kappa shape index (κ1) is 9.93. The smallest absolute Gasteiger partial charge is 0.0952 e. The van der Waals surface area contributed by atoms with Crippen LogP contribution in [-0.2, 0) is 6.54 Å². The van der Waals surface area contributed by atoms with Crippen molar-refractivity contribution in [3.8, 4) is 0 Å². The zero-order valence-corrected chi connectivity index (χ0v) is 8.79. The second-order valence-corrected chi connectivity index (χ2v) is 3.65. The quantitative estimate of drug-likeness (QED) is 0.785. The monoisotopic (exact) mass is 222 g/mol. The van der Waals surface area contributed by atoms with Gasteiger partial charge in [-0.15, -0.1) is 0 Å². The first-order chi connectivity index (χ1) is 7.25. The Labute approximate surface area is 92.8 Å². The molecule has 0 fully saturated rings. The van der Waals surface area contributed by atoms with E-state index < -0.39 is 0 Å². The van der Waals surface area contributed by atoms with E-state index in [1.807, 2.05) is 12.1 Å². The molecular weight excluding hydrogens is 212 g/mol. The van der Waals surface area contributed by atoms with E-state index in [4.69, 9.17) is 21.8 Å². The predicted octanol–water partition coefficient (Wildman–Crippen LogP) is 3.13. The number of nitrogens with one attached hydrogen (secondary N) is 1. The molecule has 3 nitrogen and oxygen atoms in total. The van der Waals surface area contributed by atoms with Crippen LogP contribution in [-0.4, -0.2) is 0 Å². The molecule has 1 aromatic carbocycles. The molecule has 0 saturated carbocycles. The lowest BCUT2D eigenvalue weighted by atomic mass is 10.2. The Kier molecular flexibility index (Phi) is 2.83. The van der Waals surface area contributed by atoms with Gasteiger partial charge >= 0.3 is 0 Å². The number of rotatable bonds is 3. The Morgan fingerprint density at radius 3 is 2.87 bits per heavy atom. The molecule has 0 aliphatic carbocycles. The highest BCUT2D eigenvalue weighted by Gasteiger charge is 2.00. The van der Waals surface area contributed by atoms with E-state index in [1.165, 1.54) is 0 Å². The van der Waals surface area contributed by atoms with E-state index in [0.29, 0.717) is 17.3 Å². The fourth-order valence-electron chi connectivity index (χ4n) is 1.29. The molecule has 0 spiro atoms. The molecule has 0 bridgehead atoms. The molecule has 0 atom stereocenters. The summed E-state index contributed by atoms with van der Waals surface area (Å²) in [7, 11) is 0. The van der Waals surface area contributed by atoms with Crippen molar-refractivity contribution in [2.75, 3.05) is 11.1 Å². The normalized spacial score (nSPS) is 10.2. The van der Waals surface area contributed by atoms with Crippen LogP contribution in [0.1, 0.15) is 5.56 Å². The first-order valence-electron chi connectivity index (χ1n) is 4.55. The van der Waals surface area contributed by atoms with Crippen molar-refractivity contribution >= 4 is 23.0 Å². The zero-order chi connectivity index (χ0) is 10.7. The highest BCUT2D eigenvalue weighted by Crippen LogP contribution is 2.23. The third kappa shape index (κ3) is 2.44. The van der Waals surface area contributed by atoms with Gasteiger partial charge in [-0.05, 0) is 24.3 Å². The Balaban J connectivity index is 2.05. The van der Waals surface area contributed by atoms with E-state index in [2.05, 4.69) is 5.32 Å². The van der Waals surface area contributed by atoms with Gasteiger partial charge in [0.15, 0.2) is 0 Å². The Bertz CT molecular complexity index is 440. The second-order valence-electron chi connectivity index (χ2n) is 3.22. The van der Waals surface area contributed by atoms with E-state index in [0.717, 1.165) is 11.3 Å². The van der Waals surface area contributed by atoms with Gasteiger partial charge in [0.2, 0.25) is 0 Å². The van der Waals surface area contributed by atoms with Crippen LogP contribution in [0.4, 0.5) is 11.4 Å². The largest absolute Gasteiger partial charge is 0.472 e. The first-order valence-corrected chi connectivity index (χ1v) is 4.93. The van der Waals surface area contributed by atoms with Gasteiger partial charge in [0, 0.05) is 17.1 Å². The lowest BCUT2D eigenvalue weighted by molar-refractivity contribution is 0.564. The molecule has 0 saturated heterocycles. The number of hydrogen-bond donors (Lipinski definition) is 2. The lowest BCUT2D eigenvalue weighted by Crippen LogP contribution is -2.01. The summed E-state index contributed by atoms with van der Waals surface area (Å²) in [6.45, 7) is 0.683. The molecule has 0 radical (unpaired) electrons. The van der Waals surface area contributed by atoms with Gasteiger partial charge in [-0.3, -0.25) is 0 Å². The lowest BCUT2D eigenvalue weighted by Gasteiger charge is -2.07. The average Bonchev–Trinajstić information content (AvgIpc) is 2.69. The fourth-order valence-corrected chi connectivity index (χ4v) is 1.47. The Morgan fingerprint density at radius 1 is 1.33 bits per heavy atom. The van der Waals surface area contributed by atoms with E-state index >= 15 is 0 Å². The standard InChI is InChI=1S/C11H11ClN2O/c12-9-1-2-11(10(13)5-9)14-6-8-3-4-15-7-8/h1-5,7,14H,6,13H2. The summed E-state index contributed by atoms with van der Waals surface area (Å²) in [6, 6.07) is 7.28. The number of halogens is 1. The molecule has 4 heteroatoms. The third-order valence-corrected chi connectivity index (χ3v) is 2.31. The minimum atomic E-state index is 0.640. The fraction of sp³-hybridized carbons (Fsp3) is 0.0909. The number of anilines is 2. The number of benzene rings is 1. The molecule has 78 valence electrons. The van der Waals surface area contributed by atoms with Gasteiger partial charge in [-0.25, -0.2) is 0 Å². The van der Waals surface area contributed by atoms with Crippen LogP contribution >= 0.6 is 11.6 Å². The van der Waals surface area contributed by atoms with Gasteiger partial charge in [0.1, 0.15) is 0 Å². The molecule has 0 aliphatic rings. The summed E-state index contributed by atoms with van der Waals surface area (Å²) in [5, 5.41) is 3.84. The summed E-state index contributed by atoms with van der Waals surface area (Å²) in [5.74, 6) is 0. The minimum absolute atomic E-state index is 0.640. The van der Waals surface area contributed by atoms with Crippen molar-refractivity contribution in [2.24, 2.45) is 0 Å². The highest BCUT2D eigenvalue weighted by atomic mass is 35.5. The molecule has 0 amide bonds. The number of nitrogens with two attached hydrogens (primary N) is 1. The van der Waals surface area contributed by atoms with Crippen LogP contribution in [0.3, 0.4) is 0 Å². The van der Waals surface area contributed by atoms with Gasteiger partial charge in [0.05, 0.1) is 23.9 Å². The second kappa shape index (κ2) is 4.28. The van der Waals surface area contributed by atoms with Crippen LogP contribution in [0, 0.1) is 0 Å². The predicted molar refractivity (Wildman–Crippen MR) is 61.9 cm³/mol. The minimum Gasteiger partial charge on any atom is -0.472 e. The summed E-state index contributed by atoms with van der Waals surface area (Å²) in [5.41, 5.74) is 8.38. The average molecular weight is 223 g/mol. The molecule has 0 unspecified atom stereocenters. The molecule has 1 heterocycles. The maximum Gasteiger partial charge on any atom is 0.0952 e. The summed E-state index contributed by atoms with van der Waals surface area (Å²) in [6.07, 6.45) is 3.33. The Morgan fingerprint density at radius 2 is 2.20 bits per heavy atom. The van der Waals surface area contributed by atoms with Crippen LogP contribution in [0.2, 0.25) is 5.02 Å². The molecule has 15 heavy (non-hydrogen) atoms. The number of nitrogen functional groups attached to an aromatic ring is 1. The maximum atomic E-state index is 5.79. The molecular formula is C11H11ClN2O. The SMILES string of the molecule is Nc1cc(Cl)ccc1NCc1ccoc1. The maximum absolute atomic E-state index is 5.79. The van der Waals surface area contributed by atoms with Crippen LogP contribution < -0.4 is 11.1 Å². The Hall–Kier alpha value is -1.61. The van der Waals surface area contributed by atoms with Crippen molar-refractivity contribution in [2.45, 2.75) is 6.54 Å². The number of hydrogen-bond acceptors (Lipinski definition) is 3. The van der Waals surface area contributed by atoms with Crippen LogP contribution in [0.5, 0.6) is 0 Å². The van der Waals surface area contributed by atoms with E-state index in [9.17, 15) is 0 Å². The zero-order valence-electron chi connectivity index (χ0n) is 8.03. The summed E-state index contributed by atoms with van der Waals surface area (Å²) < 4.78 is 4.96. The van der Waals surface area contributed by atoms with Gasteiger partial charge < -0.3 is 15.5 Å². The highest BCUT2D eigenvalue weighted by molar-refractivity contribution is 6.31. The molecule has 2 aromatic rings. The van der Waals surface area contributed by atoms with Gasteiger partial charge in [0.25, 0.3) is 0 Å². The molecule has 0 aliphatic heterocycles. The van der Waals surface area contributed by atoms with Crippen molar-refractivity contribution in [1.82, 2.24) is 0 Å². The van der Waals surface area contributed by atoms with Crippen molar-refractivity contribution in [1.29, 1.82) is 0 Å². The topological polar surface area (TPSA) is 51.2 Å². The summed E-state index contributed by atoms with van der Waals surface area (Å²) >= 11 is 5.79. The van der Waals surface area contributed by atoms with Crippen molar-refractivity contribution in [3.63, 3.8) is 0 Å². The van der Waals surface area contributed by atoms with Crippen LogP contribution in [0.15, 0.2) is 41.2 Å². The van der Waals surface area contributed by atoms with Gasteiger partial charge in [-0.1, -0.05) is 11.6 Å². The van der Waals surface area contributed by atoms with E-state index in [1.54, 1.807) is 24.7 Å². The van der Waals surface area contributed by atoms with E-state index in [-0.39, 0.29) is 0 Å². The molecule has 3 N–H and O–H groups in total. The summed E-state index contributed by atoms with van der Waals surface area (Å²) in [4.78, 5) is 0. The van der Waals surface area contributed by atoms with Crippen molar-refractivity contribution in [3.05, 3.63) is 47.4 Å². The van der Waals surface area contributed by atoms with Crippen molar-refractivity contribution < 1.29 is 4.42 Å². The number of furan rings is 1. The molecule has 1 aromatic heterocycles. The van der Waals surface area contributed by atoms with Crippen LogP contribution in [0.25, 0.3) is 0 Å². The third-order valence-electron chi connectivity index (χ3n) is 2.08.